The second-order valence-electron chi connectivity index (χ2n) is 6.44. The van der Waals surface area contributed by atoms with Crippen LogP contribution in [0.4, 0.5) is 0 Å². The molecule has 0 amide bonds. The highest BCUT2D eigenvalue weighted by atomic mass is 32.2. The van der Waals surface area contributed by atoms with Crippen LogP contribution < -0.4 is 0 Å². The molecule has 0 aromatic carbocycles. The minimum Gasteiger partial charge on any atom is -0.299 e. The Morgan fingerprint density at radius 3 is 3.10 bits per heavy atom. The first-order valence-corrected chi connectivity index (χ1v) is 9.34. The van der Waals surface area contributed by atoms with Crippen molar-refractivity contribution in [1.29, 1.82) is 0 Å². The Hall–Kier alpha value is -0.880. The number of hydrogen-bond donors (Lipinski definition) is 0. The molecular weight excluding hydrogens is 306 g/mol. The fourth-order valence-electron chi connectivity index (χ4n) is 4.96. The van der Waals surface area contributed by atoms with Crippen LogP contribution >= 0.6 is 23.1 Å². The van der Waals surface area contributed by atoms with Crippen molar-refractivity contribution in [2.75, 3.05) is 12.3 Å². The van der Waals surface area contributed by atoms with Crippen LogP contribution in [0.2, 0.25) is 0 Å². The lowest BCUT2D eigenvalue weighted by Gasteiger charge is -2.34. The number of thioether (sulfide) groups is 1. The first-order valence-electron chi connectivity index (χ1n) is 7.48. The number of carbonyl (C=O) groups is 1. The second-order valence-corrected chi connectivity index (χ2v) is 8.49. The van der Waals surface area contributed by atoms with Crippen molar-refractivity contribution in [2.24, 2.45) is 17.8 Å². The average molecular weight is 323 g/mol. The highest BCUT2D eigenvalue weighted by molar-refractivity contribution is 7.99. The fourth-order valence-corrected chi connectivity index (χ4v) is 7.57. The number of carbonyl (C=O) groups excluding carboxylic acids is 1. The number of fused-ring (bicyclic) bond motifs is 1. The Balaban J connectivity index is 1.81. The second kappa shape index (κ2) is 4.81. The molecule has 0 bridgehead atoms. The van der Waals surface area contributed by atoms with Crippen LogP contribution in [0.15, 0.2) is 16.3 Å². The third kappa shape index (κ3) is 1.84. The topological polar surface area (TPSA) is 60.2 Å². The van der Waals surface area contributed by atoms with Crippen molar-refractivity contribution in [3.8, 4) is 0 Å². The molecule has 2 saturated carbocycles. The third-order valence-electron chi connectivity index (χ3n) is 5.69. The molecule has 1 spiro atoms. The lowest BCUT2D eigenvalue weighted by atomic mass is 9.70. The zero-order valence-corrected chi connectivity index (χ0v) is 13.3. The summed E-state index contributed by atoms with van der Waals surface area (Å²) in [6, 6.07) is 2.17. The average Bonchev–Trinajstić information content (AvgIpc) is 3.05. The van der Waals surface area contributed by atoms with E-state index in [0.29, 0.717) is 12.2 Å². The molecule has 2 fully saturated rings. The summed E-state index contributed by atoms with van der Waals surface area (Å²) in [7, 11) is 0. The summed E-state index contributed by atoms with van der Waals surface area (Å²) >= 11 is 3.62. The summed E-state index contributed by atoms with van der Waals surface area (Å²) in [5.74, 6) is 1.72. The molecule has 112 valence electrons. The van der Waals surface area contributed by atoms with Crippen LogP contribution in [0, 0.1) is 27.9 Å². The van der Waals surface area contributed by atoms with Crippen LogP contribution in [-0.4, -0.2) is 23.0 Å². The molecule has 0 radical (unpaired) electrons. The molecule has 2 heterocycles. The summed E-state index contributed by atoms with van der Waals surface area (Å²) in [5.41, 5.74) is -0.0786. The van der Waals surface area contributed by atoms with Gasteiger partial charge in [-0.3, -0.25) is 14.9 Å². The van der Waals surface area contributed by atoms with Crippen molar-refractivity contribution in [2.45, 2.75) is 36.0 Å². The fraction of sp³-hybridized carbons (Fsp3) is 0.667. The zero-order chi connectivity index (χ0) is 14.6. The normalized spacial score (nSPS) is 37.7. The summed E-state index contributed by atoms with van der Waals surface area (Å²) in [5, 5.41) is 13.1. The summed E-state index contributed by atoms with van der Waals surface area (Å²) in [4.78, 5) is 26.0. The molecule has 4 atom stereocenters. The molecule has 2 aliphatic carbocycles. The van der Waals surface area contributed by atoms with Gasteiger partial charge in [-0.2, -0.15) is 0 Å². The first kappa shape index (κ1) is 13.8. The van der Waals surface area contributed by atoms with E-state index in [2.05, 4.69) is 11.4 Å². The highest BCUT2D eigenvalue weighted by Gasteiger charge is 2.63. The van der Waals surface area contributed by atoms with E-state index < -0.39 is 0 Å². The quantitative estimate of drug-likeness (QED) is 0.618. The molecule has 4 nitrogen and oxygen atoms in total. The van der Waals surface area contributed by atoms with Gasteiger partial charge in [0.05, 0.1) is 0 Å². The van der Waals surface area contributed by atoms with Crippen molar-refractivity contribution in [1.82, 2.24) is 0 Å². The van der Waals surface area contributed by atoms with Gasteiger partial charge < -0.3 is 0 Å². The van der Waals surface area contributed by atoms with Gasteiger partial charge in [0.15, 0.2) is 0 Å². The van der Waals surface area contributed by atoms with Crippen LogP contribution in [0.3, 0.4) is 0 Å². The van der Waals surface area contributed by atoms with E-state index in [9.17, 15) is 14.9 Å². The predicted octanol–water partition coefficient (Wildman–Crippen LogP) is 3.37. The van der Waals surface area contributed by atoms with Crippen LogP contribution in [-0.2, 0) is 10.2 Å². The molecule has 1 aliphatic heterocycles. The Labute approximate surface area is 131 Å². The van der Waals surface area contributed by atoms with Crippen molar-refractivity contribution >= 4 is 28.9 Å². The van der Waals surface area contributed by atoms with Crippen molar-refractivity contribution < 1.29 is 9.72 Å². The smallest absolute Gasteiger partial charge is 0.206 e. The Morgan fingerprint density at radius 2 is 2.29 bits per heavy atom. The van der Waals surface area contributed by atoms with E-state index in [1.807, 2.05) is 11.8 Å². The van der Waals surface area contributed by atoms with E-state index in [1.54, 1.807) is 11.3 Å². The van der Waals surface area contributed by atoms with E-state index in [1.165, 1.54) is 9.77 Å². The Bertz CT molecular complexity index is 614. The van der Waals surface area contributed by atoms with Gasteiger partial charge in [-0.05, 0) is 42.4 Å². The summed E-state index contributed by atoms with van der Waals surface area (Å²) in [6.45, 7) is 0.0280. The molecule has 21 heavy (non-hydrogen) atoms. The number of Topliss-reactive ketones (excluding diaryl/α,β-unsaturated/α-hetero) is 1. The van der Waals surface area contributed by atoms with Gasteiger partial charge in [0, 0.05) is 38.4 Å². The monoisotopic (exact) mass is 323 g/mol. The van der Waals surface area contributed by atoms with Gasteiger partial charge in [0.1, 0.15) is 5.78 Å². The molecule has 0 N–H and O–H groups in total. The van der Waals surface area contributed by atoms with Gasteiger partial charge in [0.2, 0.25) is 6.54 Å². The van der Waals surface area contributed by atoms with Crippen molar-refractivity contribution in [3.63, 3.8) is 0 Å². The maximum absolute atomic E-state index is 12.6. The van der Waals surface area contributed by atoms with Gasteiger partial charge in [-0.1, -0.05) is 0 Å². The van der Waals surface area contributed by atoms with Crippen molar-refractivity contribution in [3.05, 3.63) is 26.4 Å². The van der Waals surface area contributed by atoms with E-state index in [4.69, 9.17) is 0 Å². The van der Waals surface area contributed by atoms with Gasteiger partial charge in [-0.15, -0.1) is 23.1 Å². The van der Waals surface area contributed by atoms with Crippen LogP contribution in [0.5, 0.6) is 0 Å². The number of thiophene rings is 1. The standard InChI is InChI=1S/C15H17NO3S2/c17-12-7-11-9(8-16(18)19)1-4-15(11)10(12)2-5-20-13-3-6-21-14(13)15/h3,6,9-11H,1-2,4-5,7-8H2/t9-,10?,11-,15+/m0/s1. The molecule has 1 unspecified atom stereocenters. The molecule has 6 heteroatoms. The molecule has 1 aromatic heterocycles. The van der Waals surface area contributed by atoms with Crippen LogP contribution in [0.1, 0.15) is 30.6 Å². The van der Waals surface area contributed by atoms with Crippen LogP contribution in [0.25, 0.3) is 0 Å². The number of rotatable bonds is 2. The first-order chi connectivity index (χ1) is 10.1. The van der Waals surface area contributed by atoms with E-state index in [0.717, 1.165) is 25.0 Å². The maximum Gasteiger partial charge on any atom is 0.206 e. The summed E-state index contributed by atoms with van der Waals surface area (Å²) in [6.07, 6.45) is 3.36. The molecular formula is C15H17NO3S2. The zero-order valence-electron chi connectivity index (χ0n) is 11.6. The van der Waals surface area contributed by atoms with Gasteiger partial charge >= 0.3 is 0 Å². The van der Waals surface area contributed by atoms with Gasteiger partial charge in [-0.25, -0.2) is 0 Å². The third-order valence-corrected chi connectivity index (χ3v) is 8.02. The molecule has 4 rings (SSSR count). The summed E-state index contributed by atoms with van der Waals surface area (Å²) < 4.78 is 0. The molecule has 0 saturated heterocycles. The number of nitro groups is 1. The maximum atomic E-state index is 12.6. The SMILES string of the molecule is O=C1C[C@H]2[C@H](C[N+](=O)[O-])CC[C@]23c2sccc2SCCC13. The lowest BCUT2D eigenvalue weighted by molar-refractivity contribution is -0.489. The van der Waals surface area contributed by atoms with E-state index in [-0.39, 0.29) is 34.6 Å². The Morgan fingerprint density at radius 1 is 1.43 bits per heavy atom. The minimum atomic E-state index is -0.192. The minimum absolute atomic E-state index is 0.0280. The number of nitrogens with zero attached hydrogens (tertiary/aromatic N) is 1. The van der Waals surface area contributed by atoms with E-state index >= 15 is 0 Å². The molecule has 1 aromatic rings. The predicted molar refractivity (Wildman–Crippen MR) is 82.5 cm³/mol. The van der Waals surface area contributed by atoms with Gasteiger partial charge in [0.25, 0.3) is 0 Å². The number of ketones is 1. The Kier molecular flexibility index (Phi) is 3.15. The lowest BCUT2D eigenvalue weighted by Crippen LogP contribution is -2.35. The number of hydrogen-bond acceptors (Lipinski definition) is 5. The largest absolute Gasteiger partial charge is 0.299 e. The highest BCUT2D eigenvalue weighted by Crippen LogP contribution is 2.64. The molecule has 3 aliphatic rings.